The molecule has 6 heteroatoms. The molecular formula is C19H22N4O2. The van der Waals surface area contributed by atoms with Crippen LogP contribution in [0.25, 0.3) is 0 Å². The van der Waals surface area contributed by atoms with Crippen molar-refractivity contribution in [1.82, 2.24) is 15.2 Å². The van der Waals surface area contributed by atoms with Crippen LogP contribution in [0.5, 0.6) is 0 Å². The van der Waals surface area contributed by atoms with E-state index in [1.807, 2.05) is 25.1 Å². The maximum Gasteiger partial charge on any atom is 0.252 e. The molecule has 3 heterocycles. The summed E-state index contributed by atoms with van der Waals surface area (Å²) in [4.78, 5) is 18.5. The third-order valence-electron chi connectivity index (χ3n) is 4.57. The quantitative estimate of drug-likeness (QED) is 0.906. The molecule has 1 fully saturated rings. The first-order chi connectivity index (χ1) is 12.1. The van der Waals surface area contributed by atoms with Crippen LogP contribution < -0.4 is 5.32 Å². The number of aromatic nitrogens is 1. The second kappa shape index (κ2) is 7.95. The summed E-state index contributed by atoms with van der Waals surface area (Å²) >= 11 is 0. The van der Waals surface area contributed by atoms with Gasteiger partial charge in [0.25, 0.3) is 5.91 Å². The molecule has 0 radical (unpaired) electrons. The zero-order chi connectivity index (χ0) is 17.6. The molecule has 0 atom stereocenters. The number of carbonyl (C=O) groups excluding carboxylic acids is 1. The number of rotatable bonds is 5. The van der Waals surface area contributed by atoms with Crippen LogP contribution in [-0.2, 0) is 6.54 Å². The lowest BCUT2D eigenvalue weighted by atomic mass is 9.96. The van der Waals surface area contributed by atoms with Crippen molar-refractivity contribution in [3.63, 3.8) is 0 Å². The first-order valence-electron chi connectivity index (χ1n) is 8.56. The number of furan rings is 1. The Kier molecular flexibility index (Phi) is 5.46. The maximum absolute atomic E-state index is 12.1. The van der Waals surface area contributed by atoms with Crippen LogP contribution in [0.2, 0.25) is 0 Å². The number of aryl methyl sites for hydroxylation is 1. The lowest BCUT2D eigenvalue weighted by Gasteiger charge is -2.31. The van der Waals surface area contributed by atoms with Crippen LogP contribution in [0.1, 0.15) is 40.4 Å². The van der Waals surface area contributed by atoms with E-state index in [9.17, 15) is 4.79 Å². The molecule has 6 nitrogen and oxygen atoms in total. The highest BCUT2D eigenvalue weighted by Gasteiger charge is 2.20. The van der Waals surface area contributed by atoms with Gasteiger partial charge in [-0.05, 0) is 63.0 Å². The van der Waals surface area contributed by atoms with Gasteiger partial charge in [-0.15, -0.1) is 0 Å². The summed E-state index contributed by atoms with van der Waals surface area (Å²) in [6.07, 6.45) is 3.57. The molecule has 0 aromatic carbocycles. The van der Waals surface area contributed by atoms with Gasteiger partial charge in [0.05, 0.1) is 12.1 Å². The Labute approximate surface area is 147 Å². The van der Waals surface area contributed by atoms with Crippen LogP contribution in [-0.4, -0.2) is 35.4 Å². The topological polar surface area (TPSA) is 82.2 Å². The van der Waals surface area contributed by atoms with Gasteiger partial charge in [-0.3, -0.25) is 9.69 Å². The van der Waals surface area contributed by atoms with Crippen LogP contribution >= 0.6 is 0 Å². The number of hydrogen-bond acceptors (Lipinski definition) is 5. The summed E-state index contributed by atoms with van der Waals surface area (Å²) in [6.45, 7) is 5.51. The standard InChI is InChI=1S/C19H22N4O2/c1-14-2-5-18(25-14)13-23-8-6-15(7-9-23)11-22-19(24)16-3-4-17(10-20)21-12-16/h2-5,12,15H,6-9,11,13H2,1H3,(H,22,24). The van der Waals surface area contributed by atoms with Crippen LogP contribution in [0.15, 0.2) is 34.9 Å². The van der Waals surface area contributed by atoms with Gasteiger partial charge in [0, 0.05) is 12.7 Å². The SMILES string of the molecule is Cc1ccc(CN2CCC(CNC(=O)c3ccc(C#N)nc3)CC2)o1. The largest absolute Gasteiger partial charge is 0.465 e. The van der Waals surface area contributed by atoms with E-state index in [2.05, 4.69) is 15.2 Å². The van der Waals surface area contributed by atoms with Crippen molar-refractivity contribution in [3.05, 3.63) is 53.2 Å². The van der Waals surface area contributed by atoms with Crippen molar-refractivity contribution in [2.75, 3.05) is 19.6 Å². The summed E-state index contributed by atoms with van der Waals surface area (Å²) in [6, 6.07) is 9.17. The number of nitriles is 1. The first-order valence-corrected chi connectivity index (χ1v) is 8.56. The van der Waals surface area contributed by atoms with Crippen molar-refractivity contribution in [2.45, 2.75) is 26.3 Å². The third-order valence-corrected chi connectivity index (χ3v) is 4.57. The molecule has 1 aliphatic heterocycles. The first kappa shape index (κ1) is 17.2. The van der Waals surface area contributed by atoms with Gasteiger partial charge < -0.3 is 9.73 Å². The van der Waals surface area contributed by atoms with Gasteiger partial charge in [0.2, 0.25) is 0 Å². The molecule has 0 spiro atoms. The lowest BCUT2D eigenvalue weighted by molar-refractivity contribution is 0.0934. The van der Waals surface area contributed by atoms with Gasteiger partial charge in [0.15, 0.2) is 0 Å². The van der Waals surface area contributed by atoms with E-state index in [-0.39, 0.29) is 5.91 Å². The third kappa shape index (κ3) is 4.68. The smallest absolute Gasteiger partial charge is 0.252 e. The number of nitrogens with one attached hydrogen (secondary N) is 1. The summed E-state index contributed by atoms with van der Waals surface area (Å²) in [5.41, 5.74) is 0.806. The molecular weight excluding hydrogens is 316 g/mol. The van der Waals surface area contributed by atoms with E-state index in [4.69, 9.17) is 9.68 Å². The van der Waals surface area contributed by atoms with Crippen molar-refractivity contribution in [1.29, 1.82) is 5.26 Å². The maximum atomic E-state index is 12.1. The van der Waals surface area contributed by atoms with Crippen molar-refractivity contribution in [2.24, 2.45) is 5.92 Å². The highest BCUT2D eigenvalue weighted by Crippen LogP contribution is 2.19. The Morgan fingerprint density at radius 2 is 2.16 bits per heavy atom. The Balaban J connectivity index is 1.41. The minimum absolute atomic E-state index is 0.134. The zero-order valence-corrected chi connectivity index (χ0v) is 14.4. The average molecular weight is 338 g/mol. The molecule has 0 saturated carbocycles. The number of pyridine rings is 1. The normalized spacial score (nSPS) is 15.7. The average Bonchev–Trinajstić information content (AvgIpc) is 3.05. The van der Waals surface area contributed by atoms with E-state index >= 15 is 0 Å². The molecule has 3 rings (SSSR count). The fourth-order valence-corrected chi connectivity index (χ4v) is 3.07. The molecule has 2 aromatic heterocycles. The summed E-state index contributed by atoms with van der Waals surface area (Å²) < 4.78 is 5.63. The van der Waals surface area contributed by atoms with Crippen molar-refractivity contribution >= 4 is 5.91 Å². The van der Waals surface area contributed by atoms with Gasteiger partial charge in [-0.1, -0.05) is 0 Å². The number of amides is 1. The molecule has 0 unspecified atom stereocenters. The second-order valence-electron chi connectivity index (χ2n) is 6.49. The van der Waals surface area contributed by atoms with Crippen LogP contribution in [0, 0.1) is 24.2 Å². The molecule has 1 N–H and O–H groups in total. The Morgan fingerprint density at radius 1 is 1.36 bits per heavy atom. The number of piperidine rings is 1. The van der Waals surface area contributed by atoms with Crippen molar-refractivity contribution in [3.8, 4) is 6.07 Å². The molecule has 0 aliphatic carbocycles. The van der Waals surface area contributed by atoms with Crippen LogP contribution in [0.4, 0.5) is 0 Å². The molecule has 25 heavy (non-hydrogen) atoms. The minimum Gasteiger partial charge on any atom is -0.465 e. The minimum atomic E-state index is -0.134. The van der Waals surface area contributed by atoms with E-state index < -0.39 is 0 Å². The predicted molar refractivity (Wildman–Crippen MR) is 92.7 cm³/mol. The fourth-order valence-electron chi connectivity index (χ4n) is 3.07. The van der Waals surface area contributed by atoms with E-state index in [1.54, 1.807) is 12.1 Å². The fraction of sp³-hybridized carbons (Fsp3) is 0.421. The molecule has 2 aromatic rings. The number of carbonyl (C=O) groups is 1. The number of likely N-dealkylation sites (tertiary alicyclic amines) is 1. The van der Waals surface area contributed by atoms with Gasteiger partial charge in [0.1, 0.15) is 23.3 Å². The van der Waals surface area contributed by atoms with Crippen molar-refractivity contribution < 1.29 is 9.21 Å². The summed E-state index contributed by atoms with van der Waals surface area (Å²) in [5.74, 6) is 2.32. The van der Waals surface area contributed by atoms with Gasteiger partial charge in [-0.25, -0.2) is 4.98 Å². The predicted octanol–water partition coefficient (Wildman–Crippen LogP) is 2.50. The molecule has 1 saturated heterocycles. The lowest BCUT2D eigenvalue weighted by Crippen LogP contribution is -2.38. The molecule has 1 aliphatic rings. The van der Waals surface area contributed by atoms with E-state index in [0.29, 0.717) is 23.7 Å². The Hall–Kier alpha value is -2.65. The highest BCUT2D eigenvalue weighted by atomic mass is 16.3. The van der Waals surface area contributed by atoms with Crippen LogP contribution in [0.3, 0.4) is 0 Å². The number of nitrogens with zero attached hydrogens (tertiary/aromatic N) is 3. The molecule has 130 valence electrons. The monoisotopic (exact) mass is 338 g/mol. The Morgan fingerprint density at radius 3 is 2.76 bits per heavy atom. The second-order valence-corrected chi connectivity index (χ2v) is 6.49. The molecule has 0 bridgehead atoms. The number of hydrogen-bond donors (Lipinski definition) is 1. The van der Waals surface area contributed by atoms with Gasteiger partial charge in [-0.2, -0.15) is 5.26 Å². The van der Waals surface area contributed by atoms with E-state index in [0.717, 1.165) is 44.0 Å². The molecule has 1 amide bonds. The zero-order valence-electron chi connectivity index (χ0n) is 14.4. The van der Waals surface area contributed by atoms with Gasteiger partial charge >= 0.3 is 0 Å². The van der Waals surface area contributed by atoms with E-state index in [1.165, 1.54) is 6.20 Å². The summed E-state index contributed by atoms with van der Waals surface area (Å²) in [7, 11) is 0. The Bertz CT molecular complexity index is 752. The highest BCUT2D eigenvalue weighted by molar-refractivity contribution is 5.93. The summed E-state index contributed by atoms with van der Waals surface area (Å²) in [5, 5.41) is 11.7.